The number of carboxylic acid groups (broad SMARTS) is 1. The lowest BCUT2D eigenvalue weighted by atomic mass is 10.0. The first-order chi connectivity index (χ1) is 8.59. The molecule has 98 valence electrons. The number of hydrogen-bond donors (Lipinski definition) is 3. The van der Waals surface area contributed by atoms with E-state index in [-0.39, 0.29) is 17.7 Å². The van der Waals surface area contributed by atoms with Crippen LogP contribution in [0.4, 0.5) is 0 Å². The molecule has 0 spiro atoms. The predicted molar refractivity (Wildman–Crippen MR) is 62.9 cm³/mol. The Hall–Kier alpha value is -1.95. The predicted octanol–water partition coefficient (Wildman–Crippen LogP) is 1.03. The fourth-order valence-electron chi connectivity index (χ4n) is 1.90. The Balaban J connectivity index is 2.41. The largest absolute Gasteiger partial charge is 0.507 e. The molecule has 1 heterocycles. The number of hydrogen-bond acceptors (Lipinski definition) is 5. The first kappa shape index (κ1) is 12.5. The molecule has 18 heavy (non-hydrogen) atoms. The van der Waals surface area contributed by atoms with Crippen molar-refractivity contribution in [3.05, 3.63) is 17.7 Å². The first-order valence-electron chi connectivity index (χ1n) is 5.68. The van der Waals surface area contributed by atoms with E-state index in [0.29, 0.717) is 24.7 Å². The van der Waals surface area contributed by atoms with E-state index >= 15 is 0 Å². The van der Waals surface area contributed by atoms with E-state index in [9.17, 15) is 9.90 Å². The molecule has 0 fully saturated rings. The van der Waals surface area contributed by atoms with E-state index in [4.69, 9.17) is 20.3 Å². The molecular formula is C12H15NO5. The molecule has 1 atom stereocenters. The lowest BCUT2D eigenvalue weighted by Gasteiger charge is -2.17. The summed E-state index contributed by atoms with van der Waals surface area (Å²) in [5.74, 6) is -0.274. The highest BCUT2D eigenvalue weighted by molar-refractivity contribution is 5.69. The molecule has 0 bridgehead atoms. The minimum atomic E-state index is -1.03. The molecule has 0 radical (unpaired) electrons. The molecule has 1 aromatic carbocycles. The molecule has 2 rings (SSSR count). The summed E-state index contributed by atoms with van der Waals surface area (Å²) < 4.78 is 11.0. The second kappa shape index (κ2) is 5.14. The highest BCUT2D eigenvalue weighted by atomic mass is 16.5. The van der Waals surface area contributed by atoms with Gasteiger partial charge in [-0.05, 0) is 12.1 Å². The fourth-order valence-corrected chi connectivity index (χ4v) is 1.90. The zero-order valence-corrected chi connectivity index (χ0v) is 9.76. The molecule has 1 aliphatic rings. The maximum Gasteiger partial charge on any atom is 0.305 e. The Morgan fingerprint density at radius 1 is 1.39 bits per heavy atom. The van der Waals surface area contributed by atoms with Gasteiger partial charge < -0.3 is 25.4 Å². The van der Waals surface area contributed by atoms with E-state index in [0.717, 1.165) is 6.42 Å². The Morgan fingerprint density at radius 2 is 2.11 bits per heavy atom. The Labute approximate surface area is 104 Å². The van der Waals surface area contributed by atoms with Crippen molar-refractivity contribution in [2.75, 3.05) is 13.2 Å². The third kappa shape index (κ3) is 2.48. The zero-order chi connectivity index (χ0) is 13.1. The van der Waals surface area contributed by atoms with Crippen LogP contribution in [0.5, 0.6) is 17.2 Å². The molecule has 4 N–H and O–H groups in total. The molecule has 6 heteroatoms. The summed E-state index contributed by atoms with van der Waals surface area (Å²) in [6.07, 6.45) is 0.441. The normalized spacial score (nSPS) is 15.8. The van der Waals surface area contributed by atoms with Crippen molar-refractivity contribution in [1.29, 1.82) is 0 Å². The molecule has 0 amide bonds. The van der Waals surface area contributed by atoms with Gasteiger partial charge in [0.2, 0.25) is 0 Å². The van der Waals surface area contributed by atoms with Gasteiger partial charge in [0, 0.05) is 12.5 Å². The molecule has 0 aliphatic carbocycles. The fraction of sp³-hybridized carbons (Fsp3) is 0.417. The van der Waals surface area contributed by atoms with Crippen molar-refractivity contribution in [1.82, 2.24) is 0 Å². The molecule has 0 saturated heterocycles. The molecule has 0 aromatic heterocycles. The number of phenolic OH excluding ortho intramolecular Hbond substituents is 1. The number of ether oxygens (including phenoxy) is 2. The lowest BCUT2D eigenvalue weighted by Crippen LogP contribution is -2.16. The van der Waals surface area contributed by atoms with Gasteiger partial charge in [0.15, 0.2) is 11.5 Å². The topological polar surface area (TPSA) is 102 Å². The number of phenols is 1. The molecule has 1 unspecified atom stereocenters. The molecular weight excluding hydrogens is 238 g/mol. The number of aromatic hydroxyl groups is 1. The quantitative estimate of drug-likeness (QED) is 0.743. The SMILES string of the molecule is NC(CC(=O)O)c1c(O)ccc2c1OCCCO2. The van der Waals surface area contributed by atoms with E-state index in [1.165, 1.54) is 6.07 Å². The van der Waals surface area contributed by atoms with E-state index < -0.39 is 12.0 Å². The van der Waals surface area contributed by atoms with Gasteiger partial charge in [-0.1, -0.05) is 0 Å². The van der Waals surface area contributed by atoms with Crippen LogP contribution in [-0.2, 0) is 4.79 Å². The van der Waals surface area contributed by atoms with Crippen LogP contribution in [0.3, 0.4) is 0 Å². The number of carbonyl (C=O) groups is 1. The Morgan fingerprint density at radius 3 is 2.83 bits per heavy atom. The summed E-state index contributed by atoms with van der Waals surface area (Å²) in [6.45, 7) is 0.967. The average Bonchev–Trinajstić information content (AvgIpc) is 2.52. The number of fused-ring (bicyclic) bond motifs is 1. The van der Waals surface area contributed by atoms with Gasteiger partial charge in [-0.2, -0.15) is 0 Å². The molecule has 1 aliphatic heterocycles. The molecule has 6 nitrogen and oxygen atoms in total. The van der Waals surface area contributed by atoms with Gasteiger partial charge in [0.1, 0.15) is 5.75 Å². The maximum atomic E-state index is 10.7. The van der Waals surface area contributed by atoms with Crippen LogP contribution >= 0.6 is 0 Å². The van der Waals surface area contributed by atoms with Gasteiger partial charge in [-0.15, -0.1) is 0 Å². The highest BCUT2D eigenvalue weighted by Gasteiger charge is 2.24. The van der Waals surface area contributed by atoms with Crippen LogP contribution < -0.4 is 15.2 Å². The third-order valence-electron chi connectivity index (χ3n) is 2.69. The van der Waals surface area contributed by atoms with Gasteiger partial charge in [-0.25, -0.2) is 0 Å². The van der Waals surface area contributed by atoms with Crippen LogP contribution in [0.1, 0.15) is 24.4 Å². The number of carboxylic acids is 1. The molecule has 0 saturated carbocycles. The highest BCUT2D eigenvalue weighted by Crippen LogP contribution is 2.42. The van der Waals surface area contributed by atoms with Gasteiger partial charge in [0.25, 0.3) is 0 Å². The van der Waals surface area contributed by atoms with Crippen LogP contribution in [0.25, 0.3) is 0 Å². The minimum absolute atomic E-state index is 0.0759. The van der Waals surface area contributed by atoms with Crippen molar-refractivity contribution in [3.8, 4) is 17.2 Å². The Kier molecular flexibility index (Phi) is 3.57. The van der Waals surface area contributed by atoms with E-state index in [1.807, 2.05) is 0 Å². The smallest absolute Gasteiger partial charge is 0.305 e. The summed E-state index contributed by atoms with van der Waals surface area (Å²) >= 11 is 0. The standard InChI is InChI=1S/C12H15NO5/c13-7(6-10(15)16)11-8(14)2-3-9-12(11)18-5-1-4-17-9/h2-3,7,14H,1,4-6,13H2,(H,15,16). The van der Waals surface area contributed by atoms with Crippen LogP contribution in [0.2, 0.25) is 0 Å². The number of nitrogens with two attached hydrogens (primary N) is 1. The van der Waals surface area contributed by atoms with Crippen LogP contribution in [0, 0.1) is 0 Å². The van der Waals surface area contributed by atoms with E-state index in [2.05, 4.69) is 0 Å². The Bertz CT molecular complexity index is 460. The summed E-state index contributed by atoms with van der Waals surface area (Å²) in [4.78, 5) is 10.7. The van der Waals surface area contributed by atoms with Crippen molar-refractivity contribution in [3.63, 3.8) is 0 Å². The second-order valence-corrected chi connectivity index (χ2v) is 4.08. The van der Waals surface area contributed by atoms with Gasteiger partial charge in [0.05, 0.1) is 25.2 Å². The zero-order valence-electron chi connectivity index (χ0n) is 9.76. The lowest BCUT2D eigenvalue weighted by molar-refractivity contribution is -0.137. The van der Waals surface area contributed by atoms with Gasteiger partial charge >= 0.3 is 5.97 Å². The summed E-state index contributed by atoms with van der Waals surface area (Å²) in [5, 5.41) is 18.6. The molecule has 1 aromatic rings. The van der Waals surface area contributed by atoms with Crippen molar-refractivity contribution in [2.24, 2.45) is 5.73 Å². The number of benzene rings is 1. The second-order valence-electron chi connectivity index (χ2n) is 4.08. The van der Waals surface area contributed by atoms with E-state index in [1.54, 1.807) is 6.07 Å². The van der Waals surface area contributed by atoms with Gasteiger partial charge in [-0.3, -0.25) is 4.79 Å². The monoisotopic (exact) mass is 253 g/mol. The first-order valence-corrected chi connectivity index (χ1v) is 5.68. The van der Waals surface area contributed by atoms with Crippen LogP contribution in [-0.4, -0.2) is 29.4 Å². The van der Waals surface area contributed by atoms with Crippen molar-refractivity contribution in [2.45, 2.75) is 18.9 Å². The maximum absolute atomic E-state index is 10.7. The number of aliphatic carboxylic acids is 1. The average molecular weight is 253 g/mol. The number of rotatable bonds is 3. The van der Waals surface area contributed by atoms with Crippen molar-refractivity contribution >= 4 is 5.97 Å². The summed E-state index contributed by atoms with van der Waals surface area (Å²) in [7, 11) is 0. The summed E-state index contributed by atoms with van der Waals surface area (Å²) in [5.41, 5.74) is 6.08. The summed E-state index contributed by atoms with van der Waals surface area (Å²) in [6, 6.07) is 2.19. The van der Waals surface area contributed by atoms with Crippen molar-refractivity contribution < 1.29 is 24.5 Å². The van der Waals surface area contributed by atoms with Crippen LogP contribution in [0.15, 0.2) is 12.1 Å². The minimum Gasteiger partial charge on any atom is -0.507 e. The third-order valence-corrected chi connectivity index (χ3v) is 2.69.